The second kappa shape index (κ2) is 9.72. The van der Waals surface area contributed by atoms with Crippen LogP contribution in [0.25, 0.3) is 10.9 Å². The summed E-state index contributed by atoms with van der Waals surface area (Å²) in [6.45, 7) is 5.01. The van der Waals surface area contributed by atoms with Crippen molar-refractivity contribution in [3.63, 3.8) is 0 Å². The van der Waals surface area contributed by atoms with Crippen LogP contribution in [-0.2, 0) is 10.1 Å². The predicted molar refractivity (Wildman–Crippen MR) is 128 cm³/mol. The van der Waals surface area contributed by atoms with Crippen molar-refractivity contribution >= 4 is 69.9 Å². The van der Waals surface area contributed by atoms with Crippen molar-refractivity contribution in [3.8, 4) is 0 Å². The minimum Gasteiger partial charge on any atom is -0.312 e. The smallest absolute Gasteiger partial charge is 0.112 e. The number of halogens is 4. The molecule has 2 aromatic carbocycles. The van der Waals surface area contributed by atoms with Crippen LogP contribution in [0.4, 0.5) is 0 Å². The lowest BCUT2D eigenvalue weighted by atomic mass is 9.87. The molecule has 0 saturated carbocycles. The van der Waals surface area contributed by atoms with Gasteiger partial charge in [0.25, 0.3) is 0 Å². The molecule has 1 aromatic heterocycles. The van der Waals surface area contributed by atoms with E-state index < -0.39 is 3.55 Å². The summed E-state index contributed by atoms with van der Waals surface area (Å²) in [4.78, 5) is 4.43. The summed E-state index contributed by atoms with van der Waals surface area (Å²) in [5, 5.41) is 5.31. The predicted octanol–water partition coefficient (Wildman–Crippen LogP) is 5.85. The highest BCUT2D eigenvalue weighted by atomic mass is 127. The van der Waals surface area contributed by atoms with Crippen molar-refractivity contribution in [2.45, 2.75) is 29.5 Å². The Labute approximate surface area is 191 Å². The summed E-state index contributed by atoms with van der Waals surface area (Å²) in [7, 11) is 0. The van der Waals surface area contributed by atoms with Crippen LogP contribution in [0.2, 0.25) is 5.02 Å². The van der Waals surface area contributed by atoms with Crippen molar-refractivity contribution in [2.75, 3.05) is 0 Å². The molecule has 0 saturated heterocycles. The summed E-state index contributed by atoms with van der Waals surface area (Å²) < 4.78 is -0.630. The van der Waals surface area contributed by atoms with E-state index in [0.717, 1.165) is 23.0 Å². The number of fused-ring (bicyclic) bond motifs is 1. The van der Waals surface area contributed by atoms with Crippen LogP contribution in [-0.4, -0.2) is 10.5 Å². The fourth-order valence-corrected chi connectivity index (χ4v) is 3.65. The van der Waals surface area contributed by atoms with Gasteiger partial charge < -0.3 is 11.1 Å². The summed E-state index contributed by atoms with van der Waals surface area (Å²) in [6, 6.07) is 18.1. The molecule has 1 unspecified atom stereocenters. The molecule has 3 rings (SSSR count). The Bertz CT molecular complexity index is 886. The van der Waals surface area contributed by atoms with Crippen LogP contribution < -0.4 is 11.1 Å². The van der Waals surface area contributed by atoms with E-state index in [1.54, 1.807) is 6.20 Å². The topological polar surface area (TPSA) is 50.9 Å². The number of aromatic nitrogens is 1. The number of benzene rings is 2. The van der Waals surface area contributed by atoms with Gasteiger partial charge in [0.15, 0.2) is 0 Å². The average Bonchev–Trinajstić information content (AvgIpc) is 2.60. The van der Waals surface area contributed by atoms with Crippen LogP contribution in [0.1, 0.15) is 25.0 Å². The third-order valence-corrected chi connectivity index (χ3v) is 6.75. The third-order valence-electron chi connectivity index (χ3n) is 4.58. The fourth-order valence-electron chi connectivity index (χ4n) is 2.82. The van der Waals surface area contributed by atoms with Crippen molar-refractivity contribution in [3.05, 3.63) is 76.9 Å². The molecule has 0 aliphatic heterocycles. The Hall–Kier alpha value is -0.630. The van der Waals surface area contributed by atoms with Gasteiger partial charge in [0, 0.05) is 28.7 Å². The zero-order valence-corrected chi connectivity index (χ0v) is 19.6. The van der Waals surface area contributed by atoms with E-state index in [1.165, 1.54) is 5.56 Å². The second-order valence-electron chi connectivity index (χ2n) is 6.70. The maximum atomic E-state index is 6.85. The van der Waals surface area contributed by atoms with Crippen LogP contribution >= 0.6 is 59.0 Å². The first kappa shape index (κ1) is 24.4. The van der Waals surface area contributed by atoms with Gasteiger partial charge >= 0.3 is 0 Å². The quantitative estimate of drug-likeness (QED) is 0.244. The van der Waals surface area contributed by atoms with Crippen molar-refractivity contribution in [1.82, 2.24) is 10.3 Å². The first-order valence-electron chi connectivity index (χ1n) is 8.13. The lowest BCUT2D eigenvalue weighted by molar-refractivity contribution is 0.307. The van der Waals surface area contributed by atoms with Gasteiger partial charge in [0.05, 0.1) is 5.52 Å². The third kappa shape index (κ3) is 5.25. The normalized spacial score (nSPS) is 13.4. The van der Waals surface area contributed by atoms with E-state index >= 15 is 0 Å². The first-order valence-corrected chi connectivity index (χ1v) is 9.58. The molecule has 146 valence electrons. The average molecular weight is 539 g/mol. The molecule has 0 aliphatic rings. The highest BCUT2D eigenvalue weighted by Crippen LogP contribution is 2.40. The van der Waals surface area contributed by atoms with Crippen LogP contribution in [0.15, 0.2) is 60.8 Å². The van der Waals surface area contributed by atoms with E-state index in [4.69, 9.17) is 17.3 Å². The molecule has 0 spiro atoms. The molecule has 0 aliphatic carbocycles. The number of hydrogen-bond acceptors (Lipinski definition) is 3. The van der Waals surface area contributed by atoms with Gasteiger partial charge in [0.2, 0.25) is 0 Å². The number of nitrogens with two attached hydrogens (primary N) is 1. The molecule has 1 heterocycles. The Morgan fingerprint density at radius 2 is 1.74 bits per heavy atom. The molecule has 1 atom stereocenters. The zero-order valence-electron chi connectivity index (χ0n) is 15.1. The minimum atomic E-state index is -0.630. The number of hydrogen-bond donors (Lipinski definition) is 2. The van der Waals surface area contributed by atoms with E-state index in [0.29, 0.717) is 5.02 Å². The lowest BCUT2D eigenvalue weighted by Crippen LogP contribution is -2.58. The summed E-state index contributed by atoms with van der Waals surface area (Å²) in [5.41, 5.74) is 9.63. The minimum absolute atomic E-state index is 0. The van der Waals surface area contributed by atoms with E-state index in [2.05, 4.69) is 58.9 Å². The Morgan fingerprint density at radius 1 is 1.07 bits per heavy atom. The number of nitrogens with one attached hydrogen (secondary N) is 1. The Kier molecular flexibility index (Phi) is 8.79. The number of alkyl halides is 1. The number of rotatable bonds is 5. The standard InChI is InChI=1S/C20H21ClIN3.2ClH/c1-19(2,25-13-14-6-4-3-5-7-14)20(22,23)17-10-11-24-18-12-15(21)8-9-16(17)18;;/h3-12,25H,13,23H2,1-2H3;2*1H. The molecule has 0 fully saturated rings. The fraction of sp³-hybridized carbons (Fsp3) is 0.250. The first-order chi connectivity index (χ1) is 11.8. The van der Waals surface area contributed by atoms with Gasteiger partial charge in [-0.15, -0.1) is 24.8 Å². The van der Waals surface area contributed by atoms with Crippen molar-refractivity contribution in [1.29, 1.82) is 0 Å². The Balaban J connectivity index is 0.00000182. The van der Waals surface area contributed by atoms with Gasteiger partial charge in [-0.1, -0.05) is 70.6 Å². The molecule has 7 heteroatoms. The lowest BCUT2D eigenvalue weighted by Gasteiger charge is -2.41. The van der Waals surface area contributed by atoms with E-state index in [9.17, 15) is 0 Å². The summed E-state index contributed by atoms with van der Waals surface area (Å²) in [5.74, 6) is 0. The van der Waals surface area contributed by atoms with Crippen LogP contribution in [0, 0.1) is 0 Å². The molecule has 3 nitrogen and oxygen atoms in total. The monoisotopic (exact) mass is 537 g/mol. The number of nitrogens with zero attached hydrogens (tertiary/aromatic N) is 1. The maximum Gasteiger partial charge on any atom is 0.112 e. The Morgan fingerprint density at radius 3 is 2.41 bits per heavy atom. The summed E-state index contributed by atoms with van der Waals surface area (Å²) in [6.07, 6.45) is 1.79. The van der Waals surface area contributed by atoms with Gasteiger partial charge in [-0.25, -0.2) is 0 Å². The molecule has 3 aromatic rings. The highest BCUT2D eigenvalue weighted by molar-refractivity contribution is 14.1. The van der Waals surface area contributed by atoms with Crippen LogP contribution in [0.3, 0.4) is 0 Å². The van der Waals surface area contributed by atoms with Gasteiger partial charge in [0.1, 0.15) is 3.55 Å². The maximum absolute atomic E-state index is 6.85. The van der Waals surface area contributed by atoms with Gasteiger partial charge in [-0.05, 0) is 43.2 Å². The van der Waals surface area contributed by atoms with Crippen LogP contribution in [0.5, 0.6) is 0 Å². The molecule has 0 amide bonds. The molecular formula is C20H23Cl3IN3. The second-order valence-corrected chi connectivity index (χ2v) is 8.83. The van der Waals surface area contributed by atoms with Gasteiger partial charge in [-0.3, -0.25) is 4.98 Å². The van der Waals surface area contributed by atoms with E-state index in [1.807, 2.05) is 42.5 Å². The molecule has 0 bridgehead atoms. The van der Waals surface area contributed by atoms with Gasteiger partial charge in [-0.2, -0.15) is 0 Å². The zero-order chi connectivity index (χ0) is 18.1. The van der Waals surface area contributed by atoms with Crippen molar-refractivity contribution < 1.29 is 0 Å². The number of pyridine rings is 1. The molecule has 27 heavy (non-hydrogen) atoms. The molecule has 3 N–H and O–H groups in total. The highest BCUT2D eigenvalue weighted by Gasteiger charge is 2.41. The largest absolute Gasteiger partial charge is 0.312 e. The molecular weight excluding hydrogens is 516 g/mol. The molecule has 0 radical (unpaired) electrons. The SMILES string of the molecule is CC(C)(NCc1ccccc1)C(N)(I)c1ccnc2cc(Cl)ccc12.Cl.Cl. The van der Waals surface area contributed by atoms with E-state index in [-0.39, 0.29) is 30.4 Å². The summed E-state index contributed by atoms with van der Waals surface area (Å²) >= 11 is 8.45. The van der Waals surface area contributed by atoms with Crippen molar-refractivity contribution in [2.24, 2.45) is 5.73 Å².